The molecule has 3 nitrogen and oxygen atoms in total. The molecule has 1 aromatic heterocycles. The van der Waals surface area contributed by atoms with Crippen LogP contribution in [0.2, 0.25) is 0 Å². The summed E-state index contributed by atoms with van der Waals surface area (Å²) in [6.45, 7) is 7.62. The van der Waals surface area contributed by atoms with Gasteiger partial charge < -0.3 is 4.74 Å². The van der Waals surface area contributed by atoms with Crippen LogP contribution in [0.15, 0.2) is 78.9 Å². The molecule has 0 N–H and O–H groups in total. The Morgan fingerprint density at radius 3 is 2.17 bits per heavy atom. The third-order valence-electron chi connectivity index (χ3n) is 4.87. The van der Waals surface area contributed by atoms with Crippen molar-refractivity contribution in [3.8, 4) is 22.3 Å². The third kappa shape index (κ3) is 4.11. The Bertz CT molecular complexity index is 1220. The third-order valence-corrected chi connectivity index (χ3v) is 4.87. The van der Waals surface area contributed by atoms with Gasteiger partial charge in [-0.15, -0.1) is 0 Å². The van der Waals surface area contributed by atoms with Gasteiger partial charge in [0.2, 0.25) is 0 Å². The first-order valence-corrected chi connectivity index (χ1v) is 10.1. The van der Waals surface area contributed by atoms with Gasteiger partial charge in [0.15, 0.2) is 0 Å². The predicted molar refractivity (Wildman–Crippen MR) is 123 cm³/mol. The Kier molecular flexibility index (Phi) is 5.13. The van der Waals surface area contributed by atoms with Crippen molar-refractivity contribution in [1.29, 1.82) is 0 Å². The zero-order valence-corrected chi connectivity index (χ0v) is 17.8. The van der Waals surface area contributed by atoms with Crippen molar-refractivity contribution in [3.63, 3.8) is 0 Å². The summed E-state index contributed by atoms with van der Waals surface area (Å²) in [6, 6.07) is 26.3. The second-order valence-corrected chi connectivity index (χ2v) is 8.46. The fourth-order valence-corrected chi connectivity index (χ4v) is 3.63. The van der Waals surface area contributed by atoms with Crippen molar-refractivity contribution in [1.82, 2.24) is 4.98 Å². The Hall–Kier alpha value is -3.46. The monoisotopic (exact) mass is 395 g/mol. The van der Waals surface area contributed by atoms with E-state index in [1.165, 1.54) is 0 Å². The fraction of sp³-hybridized carbons (Fsp3) is 0.185. The molecular weight excluding hydrogens is 370 g/mol. The highest BCUT2D eigenvalue weighted by molar-refractivity contribution is 6.02. The van der Waals surface area contributed by atoms with Crippen molar-refractivity contribution >= 4 is 16.9 Å². The van der Waals surface area contributed by atoms with E-state index in [1.54, 1.807) is 6.07 Å². The Morgan fingerprint density at radius 2 is 1.47 bits per heavy atom. The van der Waals surface area contributed by atoms with Crippen LogP contribution < -0.4 is 0 Å². The number of benzene rings is 3. The SMILES string of the molecule is Cc1cc(-c2ccccc2-c2ccccc2)c2cc(C(=O)OC(C)(C)C)ccc2n1. The quantitative estimate of drug-likeness (QED) is 0.357. The van der Waals surface area contributed by atoms with Gasteiger partial charge in [0.1, 0.15) is 5.60 Å². The standard InChI is InChI=1S/C27H25NO2/c1-18-16-23(22-13-9-8-12-21(22)19-10-6-5-7-11-19)24-17-20(14-15-25(24)28-18)26(29)30-27(2,3)4/h5-17H,1-4H3. The number of carbonyl (C=O) groups is 1. The molecule has 0 aliphatic carbocycles. The molecule has 0 aliphatic rings. The Labute approximate surface area is 177 Å². The number of rotatable bonds is 3. The number of nitrogens with zero attached hydrogens (tertiary/aromatic N) is 1. The van der Waals surface area contributed by atoms with E-state index in [9.17, 15) is 4.79 Å². The molecule has 0 atom stereocenters. The topological polar surface area (TPSA) is 39.2 Å². The molecular formula is C27H25NO2. The van der Waals surface area contributed by atoms with Crippen LogP contribution in [0.3, 0.4) is 0 Å². The summed E-state index contributed by atoms with van der Waals surface area (Å²) in [5, 5.41) is 0.937. The molecule has 30 heavy (non-hydrogen) atoms. The average Bonchev–Trinajstić information content (AvgIpc) is 2.72. The summed E-state index contributed by atoms with van der Waals surface area (Å²) < 4.78 is 5.58. The molecule has 1 heterocycles. The first-order chi connectivity index (χ1) is 14.3. The molecule has 0 fully saturated rings. The second kappa shape index (κ2) is 7.75. The van der Waals surface area contributed by atoms with E-state index >= 15 is 0 Å². The number of aryl methyl sites for hydroxylation is 1. The van der Waals surface area contributed by atoms with Crippen molar-refractivity contribution in [3.05, 3.63) is 90.1 Å². The smallest absolute Gasteiger partial charge is 0.338 e. The van der Waals surface area contributed by atoms with E-state index in [-0.39, 0.29) is 5.97 Å². The molecule has 0 aliphatic heterocycles. The zero-order valence-electron chi connectivity index (χ0n) is 17.8. The minimum Gasteiger partial charge on any atom is -0.456 e. The maximum atomic E-state index is 12.7. The largest absolute Gasteiger partial charge is 0.456 e. The summed E-state index contributed by atoms with van der Waals surface area (Å²) in [5.74, 6) is -0.327. The molecule has 4 aromatic rings. The van der Waals surface area contributed by atoms with Crippen molar-refractivity contribution < 1.29 is 9.53 Å². The lowest BCUT2D eigenvalue weighted by atomic mass is 9.92. The highest BCUT2D eigenvalue weighted by atomic mass is 16.6. The maximum absolute atomic E-state index is 12.7. The van der Waals surface area contributed by atoms with Crippen LogP contribution in [0.5, 0.6) is 0 Å². The van der Waals surface area contributed by atoms with Crippen molar-refractivity contribution in [2.45, 2.75) is 33.3 Å². The number of carbonyl (C=O) groups excluding carboxylic acids is 1. The number of hydrogen-bond acceptors (Lipinski definition) is 3. The molecule has 0 amide bonds. The molecule has 3 aromatic carbocycles. The van der Waals surface area contributed by atoms with Gasteiger partial charge in [-0.1, -0.05) is 54.6 Å². The van der Waals surface area contributed by atoms with Crippen LogP contribution in [0.1, 0.15) is 36.8 Å². The van der Waals surface area contributed by atoms with Gasteiger partial charge in [0.05, 0.1) is 11.1 Å². The van der Waals surface area contributed by atoms with Crippen LogP contribution in [-0.4, -0.2) is 16.6 Å². The summed E-state index contributed by atoms with van der Waals surface area (Å²) in [5.41, 5.74) is 6.25. The Morgan fingerprint density at radius 1 is 0.800 bits per heavy atom. The van der Waals surface area contributed by atoms with E-state index in [1.807, 2.05) is 70.2 Å². The van der Waals surface area contributed by atoms with Gasteiger partial charge >= 0.3 is 5.97 Å². The molecule has 3 heteroatoms. The van der Waals surface area contributed by atoms with Crippen LogP contribution in [-0.2, 0) is 4.74 Å². The van der Waals surface area contributed by atoms with Crippen LogP contribution in [0, 0.1) is 6.92 Å². The van der Waals surface area contributed by atoms with E-state index in [0.717, 1.165) is 38.9 Å². The molecule has 0 spiro atoms. The minimum atomic E-state index is -0.541. The number of esters is 1. The molecule has 0 unspecified atom stereocenters. The lowest BCUT2D eigenvalue weighted by Crippen LogP contribution is -2.23. The van der Waals surface area contributed by atoms with Crippen LogP contribution in [0.25, 0.3) is 33.2 Å². The normalized spacial score (nSPS) is 11.5. The van der Waals surface area contributed by atoms with E-state index in [2.05, 4.69) is 35.3 Å². The van der Waals surface area contributed by atoms with Gasteiger partial charge in [-0.2, -0.15) is 0 Å². The van der Waals surface area contributed by atoms with E-state index in [4.69, 9.17) is 4.74 Å². The molecule has 150 valence electrons. The lowest BCUT2D eigenvalue weighted by Gasteiger charge is -2.20. The van der Waals surface area contributed by atoms with Crippen molar-refractivity contribution in [2.24, 2.45) is 0 Å². The number of aromatic nitrogens is 1. The number of ether oxygens (including phenoxy) is 1. The number of fused-ring (bicyclic) bond motifs is 1. The second-order valence-electron chi connectivity index (χ2n) is 8.46. The summed E-state index contributed by atoms with van der Waals surface area (Å²) in [4.78, 5) is 17.4. The predicted octanol–water partition coefficient (Wildman–Crippen LogP) is 6.83. The van der Waals surface area contributed by atoms with Crippen molar-refractivity contribution in [2.75, 3.05) is 0 Å². The summed E-state index contributed by atoms with van der Waals surface area (Å²) >= 11 is 0. The van der Waals surface area contributed by atoms with Gasteiger partial charge in [0.25, 0.3) is 0 Å². The summed E-state index contributed by atoms with van der Waals surface area (Å²) in [7, 11) is 0. The first kappa shape index (κ1) is 19.8. The number of pyridine rings is 1. The van der Waals surface area contributed by atoms with Gasteiger partial charge in [-0.25, -0.2) is 4.79 Å². The first-order valence-electron chi connectivity index (χ1n) is 10.1. The molecule has 0 radical (unpaired) electrons. The van der Waals surface area contributed by atoms with E-state index < -0.39 is 5.60 Å². The molecule has 4 rings (SSSR count). The van der Waals surface area contributed by atoms with Crippen LogP contribution >= 0.6 is 0 Å². The highest BCUT2D eigenvalue weighted by Crippen LogP contribution is 2.36. The van der Waals surface area contributed by atoms with E-state index in [0.29, 0.717) is 5.56 Å². The zero-order chi connectivity index (χ0) is 21.3. The maximum Gasteiger partial charge on any atom is 0.338 e. The summed E-state index contributed by atoms with van der Waals surface area (Å²) in [6.07, 6.45) is 0. The van der Waals surface area contributed by atoms with Gasteiger partial charge in [0, 0.05) is 11.1 Å². The van der Waals surface area contributed by atoms with Gasteiger partial charge in [-0.3, -0.25) is 4.98 Å². The van der Waals surface area contributed by atoms with Gasteiger partial charge in [-0.05, 0) is 74.2 Å². The lowest BCUT2D eigenvalue weighted by molar-refractivity contribution is 0.00697. The number of hydrogen-bond donors (Lipinski definition) is 0. The molecule has 0 bridgehead atoms. The average molecular weight is 396 g/mol. The highest BCUT2D eigenvalue weighted by Gasteiger charge is 2.19. The molecule has 0 saturated heterocycles. The molecule has 0 saturated carbocycles. The van der Waals surface area contributed by atoms with Crippen LogP contribution in [0.4, 0.5) is 0 Å². The Balaban J connectivity index is 1.92. The minimum absolute atomic E-state index is 0.327. The fourth-order valence-electron chi connectivity index (χ4n) is 3.63.